The van der Waals surface area contributed by atoms with Crippen LogP contribution < -0.4 is 0 Å². The summed E-state index contributed by atoms with van der Waals surface area (Å²) in [6.45, 7) is 13.8. The highest BCUT2D eigenvalue weighted by Crippen LogP contribution is 2.54. The first kappa shape index (κ1) is 18.2. The molecule has 3 aliphatic carbocycles. The summed E-state index contributed by atoms with van der Waals surface area (Å²) in [6.07, 6.45) is 23.6. The fourth-order valence-corrected chi connectivity index (χ4v) is 5.11. The average Bonchev–Trinajstić information content (AvgIpc) is 2.87. The van der Waals surface area contributed by atoms with Crippen LogP contribution in [0.4, 0.5) is 0 Å². The van der Waals surface area contributed by atoms with Crippen LogP contribution in [0.2, 0.25) is 0 Å². The molecule has 6 unspecified atom stereocenters. The topological polar surface area (TPSA) is 0 Å². The molecule has 3 aliphatic rings. The molecule has 1 saturated carbocycles. The van der Waals surface area contributed by atoms with Crippen molar-refractivity contribution in [2.75, 3.05) is 0 Å². The van der Waals surface area contributed by atoms with Gasteiger partial charge in [0.1, 0.15) is 0 Å². The van der Waals surface area contributed by atoms with Crippen molar-refractivity contribution in [2.45, 2.75) is 41.5 Å². The van der Waals surface area contributed by atoms with Crippen molar-refractivity contribution in [3.05, 3.63) is 71.9 Å². The Kier molecular flexibility index (Phi) is 5.09. The Morgan fingerprint density at radius 1 is 1.00 bits per heavy atom. The lowest BCUT2D eigenvalue weighted by atomic mass is 9.73. The summed E-state index contributed by atoms with van der Waals surface area (Å²) in [5.74, 6) is 3.92. The second kappa shape index (κ2) is 6.98. The fourth-order valence-electron chi connectivity index (χ4n) is 5.11. The van der Waals surface area contributed by atoms with Gasteiger partial charge in [-0.15, -0.1) is 0 Å². The summed E-state index contributed by atoms with van der Waals surface area (Å²) in [7, 11) is 0. The van der Waals surface area contributed by atoms with E-state index in [-0.39, 0.29) is 5.41 Å². The number of allylic oxidation sites excluding steroid dienone is 12. The van der Waals surface area contributed by atoms with Gasteiger partial charge in [0, 0.05) is 0 Å². The summed E-state index contributed by atoms with van der Waals surface area (Å²) in [6, 6.07) is 0. The molecular weight excluding hydrogens is 300 g/mol. The minimum atomic E-state index is 0.207. The molecule has 3 rings (SSSR count). The van der Waals surface area contributed by atoms with E-state index in [1.807, 2.05) is 0 Å². The Balaban J connectivity index is 1.85. The van der Waals surface area contributed by atoms with Crippen molar-refractivity contribution in [1.29, 1.82) is 0 Å². The van der Waals surface area contributed by atoms with E-state index in [1.54, 1.807) is 5.57 Å². The summed E-state index contributed by atoms with van der Waals surface area (Å²) in [5.41, 5.74) is 3.24. The second-order valence-electron chi connectivity index (χ2n) is 9.08. The highest BCUT2D eigenvalue weighted by molar-refractivity contribution is 5.36. The van der Waals surface area contributed by atoms with Gasteiger partial charge in [0.25, 0.3) is 0 Å². The molecule has 0 aromatic heterocycles. The standard InChI is InChI=1S/C25H34/c1-7-19(25(4,5)6)16-15-17(2)20-13-10-14-22-18(3)21-11-8-9-12-23(21)24(20)22/h7-18,21-24H,1-6H3/b16-15-,19-7+. The molecule has 0 N–H and O–H groups in total. The predicted octanol–water partition coefficient (Wildman–Crippen LogP) is 6.91. The SMILES string of the molecule is C/C=C(\C=C/C(C)C1=CC=CC2C(C)C3C=CC=CC3C12)C(C)(C)C. The van der Waals surface area contributed by atoms with E-state index >= 15 is 0 Å². The Morgan fingerprint density at radius 3 is 2.28 bits per heavy atom. The van der Waals surface area contributed by atoms with E-state index in [2.05, 4.69) is 102 Å². The number of hydrogen-bond acceptors (Lipinski definition) is 0. The van der Waals surface area contributed by atoms with Crippen molar-refractivity contribution in [3.8, 4) is 0 Å². The van der Waals surface area contributed by atoms with Crippen molar-refractivity contribution >= 4 is 0 Å². The van der Waals surface area contributed by atoms with Gasteiger partial charge in [-0.1, -0.05) is 101 Å². The molecule has 0 heterocycles. The van der Waals surface area contributed by atoms with E-state index in [0.29, 0.717) is 29.6 Å². The first-order valence-electron chi connectivity index (χ1n) is 9.93. The van der Waals surface area contributed by atoms with E-state index in [9.17, 15) is 0 Å². The maximum Gasteiger partial charge on any atom is -0.00421 e. The van der Waals surface area contributed by atoms with E-state index in [0.717, 1.165) is 5.92 Å². The Bertz CT molecular complexity index is 671. The molecule has 1 fully saturated rings. The van der Waals surface area contributed by atoms with Gasteiger partial charge in [-0.05, 0) is 53.4 Å². The summed E-state index contributed by atoms with van der Waals surface area (Å²) in [4.78, 5) is 0. The normalized spacial score (nSPS) is 35.7. The molecule has 0 aromatic carbocycles. The number of fused-ring (bicyclic) bond motifs is 3. The minimum Gasteiger partial charge on any atom is -0.0839 e. The average molecular weight is 335 g/mol. The largest absolute Gasteiger partial charge is 0.0839 e. The smallest absolute Gasteiger partial charge is 0.00421 e. The molecule has 0 aliphatic heterocycles. The molecule has 0 amide bonds. The van der Waals surface area contributed by atoms with Crippen molar-refractivity contribution in [2.24, 2.45) is 40.9 Å². The van der Waals surface area contributed by atoms with E-state index in [1.165, 1.54) is 5.57 Å². The van der Waals surface area contributed by atoms with Crippen molar-refractivity contribution in [1.82, 2.24) is 0 Å². The van der Waals surface area contributed by atoms with Gasteiger partial charge in [-0.2, -0.15) is 0 Å². The molecule has 0 radical (unpaired) electrons. The second-order valence-corrected chi connectivity index (χ2v) is 9.08. The molecule has 0 heteroatoms. The molecule has 6 atom stereocenters. The van der Waals surface area contributed by atoms with Crippen LogP contribution in [0.5, 0.6) is 0 Å². The molecule has 0 aromatic rings. The van der Waals surface area contributed by atoms with E-state index < -0.39 is 0 Å². The molecule has 0 saturated heterocycles. The summed E-state index contributed by atoms with van der Waals surface area (Å²) in [5, 5.41) is 0. The van der Waals surface area contributed by atoms with Gasteiger partial charge in [-0.25, -0.2) is 0 Å². The first-order chi connectivity index (χ1) is 11.8. The highest BCUT2D eigenvalue weighted by Gasteiger charge is 2.47. The quantitative estimate of drug-likeness (QED) is 0.492. The lowest BCUT2D eigenvalue weighted by Gasteiger charge is -2.31. The Morgan fingerprint density at radius 2 is 1.64 bits per heavy atom. The predicted molar refractivity (Wildman–Crippen MR) is 110 cm³/mol. The lowest BCUT2D eigenvalue weighted by Crippen LogP contribution is -2.23. The lowest BCUT2D eigenvalue weighted by molar-refractivity contribution is 0.399. The number of rotatable bonds is 3. The van der Waals surface area contributed by atoms with Crippen LogP contribution in [0.3, 0.4) is 0 Å². The third kappa shape index (κ3) is 3.41. The monoisotopic (exact) mass is 334 g/mol. The molecule has 25 heavy (non-hydrogen) atoms. The molecule has 0 bridgehead atoms. The van der Waals surface area contributed by atoms with Gasteiger partial charge < -0.3 is 0 Å². The number of hydrogen-bond donors (Lipinski definition) is 0. The molecular formula is C25H34. The zero-order valence-corrected chi connectivity index (χ0v) is 16.7. The minimum absolute atomic E-state index is 0.207. The maximum atomic E-state index is 2.46. The van der Waals surface area contributed by atoms with Crippen LogP contribution in [0, 0.1) is 40.9 Å². The van der Waals surface area contributed by atoms with Crippen LogP contribution in [0.25, 0.3) is 0 Å². The van der Waals surface area contributed by atoms with Crippen LogP contribution in [0.1, 0.15) is 41.5 Å². The third-order valence-electron chi connectivity index (χ3n) is 6.54. The van der Waals surface area contributed by atoms with E-state index in [4.69, 9.17) is 0 Å². The fraction of sp³-hybridized carbons (Fsp3) is 0.520. The Labute approximate surface area is 154 Å². The van der Waals surface area contributed by atoms with Gasteiger partial charge in [0.05, 0.1) is 0 Å². The molecule has 0 spiro atoms. The zero-order valence-electron chi connectivity index (χ0n) is 16.7. The van der Waals surface area contributed by atoms with Crippen LogP contribution >= 0.6 is 0 Å². The zero-order chi connectivity index (χ0) is 18.2. The van der Waals surface area contributed by atoms with Crippen LogP contribution in [-0.4, -0.2) is 0 Å². The van der Waals surface area contributed by atoms with Gasteiger partial charge in [-0.3, -0.25) is 0 Å². The van der Waals surface area contributed by atoms with Crippen LogP contribution in [-0.2, 0) is 0 Å². The summed E-state index contributed by atoms with van der Waals surface area (Å²) < 4.78 is 0. The summed E-state index contributed by atoms with van der Waals surface area (Å²) >= 11 is 0. The molecule has 0 nitrogen and oxygen atoms in total. The van der Waals surface area contributed by atoms with Gasteiger partial charge in [0.15, 0.2) is 0 Å². The van der Waals surface area contributed by atoms with Gasteiger partial charge >= 0.3 is 0 Å². The molecule has 134 valence electrons. The Hall–Kier alpha value is -1.56. The van der Waals surface area contributed by atoms with Crippen LogP contribution in [0.15, 0.2) is 71.9 Å². The third-order valence-corrected chi connectivity index (χ3v) is 6.54. The van der Waals surface area contributed by atoms with Crippen molar-refractivity contribution < 1.29 is 0 Å². The first-order valence-corrected chi connectivity index (χ1v) is 9.93. The maximum absolute atomic E-state index is 2.46. The van der Waals surface area contributed by atoms with Gasteiger partial charge in [0.2, 0.25) is 0 Å². The van der Waals surface area contributed by atoms with Crippen molar-refractivity contribution in [3.63, 3.8) is 0 Å². The highest BCUT2D eigenvalue weighted by atomic mass is 14.5.